The summed E-state index contributed by atoms with van der Waals surface area (Å²) in [5.41, 5.74) is 0.976. The summed E-state index contributed by atoms with van der Waals surface area (Å²) in [5.74, 6) is 2.40. The standard InChI is InChI=1S/C18H22N4O3S/c1-11-7-6-8-13(9-11)23-10-14-20-21-17(24-14)26-12(2)15-19-16(22-25-15)18(3,4)5/h6-9,12H,10H2,1-5H3/t12-/m0/s1. The summed E-state index contributed by atoms with van der Waals surface area (Å²) in [6, 6.07) is 7.80. The van der Waals surface area contributed by atoms with Crippen LogP contribution in [0.1, 0.15) is 56.1 Å². The van der Waals surface area contributed by atoms with E-state index in [4.69, 9.17) is 13.7 Å². The van der Waals surface area contributed by atoms with E-state index < -0.39 is 0 Å². The molecule has 0 saturated heterocycles. The number of nitrogens with zero attached hydrogens (tertiary/aromatic N) is 4. The lowest BCUT2D eigenvalue weighted by Crippen LogP contribution is -2.13. The van der Waals surface area contributed by atoms with E-state index in [0.29, 0.717) is 22.8 Å². The van der Waals surface area contributed by atoms with Crippen molar-refractivity contribution in [1.82, 2.24) is 20.3 Å². The zero-order valence-corrected chi connectivity index (χ0v) is 16.3. The van der Waals surface area contributed by atoms with Crippen molar-refractivity contribution in [2.24, 2.45) is 0 Å². The van der Waals surface area contributed by atoms with Crippen molar-refractivity contribution in [3.05, 3.63) is 47.4 Å². The van der Waals surface area contributed by atoms with Crippen LogP contribution in [0.3, 0.4) is 0 Å². The molecule has 0 saturated carbocycles. The second kappa shape index (κ2) is 7.49. The monoisotopic (exact) mass is 374 g/mol. The van der Waals surface area contributed by atoms with Gasteiger partial charge >= 0.3 is 0 Å². The predicted molar refractivity (Wildman–Crippen MR) is 97.1 cm³/mol. The Kier molecular flexibility index (Phi) is 5.31. The number of rotatable bonds is 6. The van der Waals surface area contributed by atoms with Gasteiger partial charge in [0.05, 0.1) is 5.25 Å². The van der Waals surface area contributed by atoms with Crippen molar-refractivity contribution >= 4 is 11.8 Å². The molecule has 0 unspecified atom stereocenters. The third-order valence-corrected chi connectivity index (χ3v) is 4.46. The van der Waals surface area contributed by atoms with E-state index in [1.807, 2.05) is 58.9 Å². The quantitative estimate of drug-likeness (QED) is 0.583. The molecule has 8 heteroatoms. The average Bonchev–Trinajstić information content (AvgIpc) is 3.22. The summed E-state index contributed by atoms with van der Waals surface area (Å²) < 4.78 is 16.6. The van der Waals surface area contributed by atoms with E-state index in [-0.39, 0.29) is 17.3 Å². The molecule has 26 heavy (non-hydrogen) atoms. The number of hydrogen-bond donors (Lipinski definition) is 0. The largest absolute Gasteiger partial charge is 0.484 e. The lowest BCUT2D eigenvalue weighted by atomic mass is 9.96. The summed E-state index contributed by atoms with van der Waals surface area (Å²) in [5, 5.41) is 12.4. The summed E-state index contributed by atoms with van der Waals surface area (Å²) in [4.78, 5) is 4.46. The maximum atomic E-state index is 5.67. The van der Waals surface area contributed by atoms with E-state index in [0.717, 1.165) is 11.3 Å². The SMILES string of the molecule is Cc1cccc(OCc2nnc(S[C@@H](C)c3nc(C(C)(C)C)no3)o2)c1. The van der Waals surface area contributed by atoms with Crippen molar-refractivity contribution in [1.29, 1.82) is 0 Å². The molecule has 7 nitrogen and oxygen atoms in total. The van der Waals surface area contributed by atoms with Crippen LogP contribution in [0.4, 0.5) is 0 Å². The third kappa shape index (κ3) is 4.63. The number of ether oxygens (including phenoxy) is 1. The van der Waals surface area contributed by atoms with Crippen molar-refractivity contribution < 1.29 is 13.7 Å². The second-order valence-corrected chi connectivity index (χ2v) is 8.33. The fraction of sp³-hybridized carbons (Fsp3) is 0.444. The van der Waals surface area contributed by atoms with Gasteiger partial charge in [-0.15, -0.1) is 10.2 Å². The van der Waals surface area contributed by atoms with Crippen molar-refractivity contribution in [3.63, 3.8) is 0 Å². The Morgan fingerprint density at radius 2 is 2.04 bits per heavy atom. The van der Waals surface area contributed by atoms with E-state index in [1.54, 1.807) is 0 Å². The Balaban J connectivity index is 1.58. The smallest absolute Gasteiger partial charge is 0.277 e. The Morgan fingerprint density at radius 1 is 1.23 bits per heavy atom. The first-order chi connectivity index (χ1) is 12.3. The van der Waals surface area contributed by atoms with Gasteiger partial charge in [0, 0.05) is 5.41 Å². The highest BCUT2D eigenvalue weighted by Crippen LogP contribution is 2.34. The van der Waals surface area contributed by atoms with Crippen LogP contribution < -0.4 is 4.74 Å². The second-order valence-electron chi connectivity index (χ2n) is 7.03. The first-order valence-corrected chi connectivity index (χ1v) is 9.22. The van der Waals surface area contributed by atoms with Gasteiger partial charge in [-0.2, -0.15) is 4.98 Å². The normalized spacial score (nSPS) is 13.0. The Labute approximate surface area is 156 Å². The van der Waals surface area contributed by atoms with Crippen LogP contribution in [0.2, 0.25) is 0 Å². The van der Waals surface area contributed by atoms with Crippen molar-refractivity contribution in [2.75, 3.05) is 0 Å². The highest BCUT2D eigenvalue weighted by molar-refractivity contribution is 7.99. The summed E-state index contributed by atoms with van der Waals surface area (Å²) in [6.07, 6.45) is 0. The fourth-order valence-corrected chi connectivity index (χ4v) is 2.83. The first-order valence-electron chi connectivity index (χ1n) is 8.34. The molecule has 0 aliphatic rings. The van der Waals surface area contributed by atoms with Crippen molar-refractivity contribution in [3.8, 4) is 5.75 Å². The van der Waals surface area contributed by atoms with Gasteiger partial charge in [-0.1, -0.05) is 49.8 Å². The Hall–Kier alpha value is -2.35. The molecule has 138 valence electrons. The maximum Gasteiger partial charge on any atom is 0.277 e. The zero-order valence-electron chi connectivity index (χ0n) is 15.5. The fourth-order valence-electron chi connectivity index (χ4n) is 2.10. The molecule has 0 amide bonds. The van der Waals surface area contributed by atoms with Gasteiger partial charge in [0.1, 0.15) is 5.75 Å². The summed E-state index contributed by atoms with van der Waals surface area (Å²) in [6.45, 7) is 10.3. The molecule has 2 heterocycles. The van der Waals surface area contributed by atoms with Gasteiger partial charge in [-0.25, -0.2) is 0 Å². The van der Waals surface area contributed by atoms with E-state index in [2.05, 4.69) is 20.3 Å². The van der Waals surface area contributed by atoms with Gasteiger partial charge in [0.15, 0.2) is 12.4 Å². The summed E-state index contributed by atoms with van der Waals surface area (Å²) in [7, 11) is 0. The topological polar surface area (TPSA) is 87.1 Å². The molecular formula is C18H22N4O3S. The molecule has 0 N–H and O–H groups in total. The molecule has 0 bridgehead atoms. The molecular weight excluding hydrogens is 352 g/mol. The minimum Gasteiger partial charge on any atom is -0.484 e. The predicted octanol–water partition coefficient (Wildman–Crippen LogP) is 4.49. The van der Waals surface area contributed by atoms with E-state index >= 15 is 0 Å². The van der Waals surface area contributed by atoms with Gasteiger partial charge < -0.3 is 13.7 Å². The van der Waals surface area contributed by atoms with Crippen LogP contribution in [-0.2, 0) is 12.0 Å². The van der Waals surface area contributed by atoms with Gasteiger partial charge in [-0.05, 0) is 31.5 Å². The number of benzene rings is 1. The molecule has 2 aromatic heterocycles. The zero-order chi connectivity index (χ0) is 18.7. The molecule has 3 aromatic rings. The highest BCUT2D eigenvalue weighted by atomic mass is 32.2. The lowest BCUT2D eigenvalue weighted by molar-refractivity contribution is 0.252. The first kappa shape index (κ1) is 18.4. The lowest BCUT2D eigenvalue weighted by Gasteiger charge is -2.11. The minimum absolute atomic E-state index is 0.0930. The Morgan fingerprint density at radius 3 is 2.73 bits per heavy atom. The molecule has 1 aromatic carbocycles. The molecule has 3 rings (SSSR count). The van der Waals surface area contributed by atoms with Crippen molar-refractivity contribution in [2.45, 2.75) is 57.1 Å². The van der Waals surface area contributed by atoms with Gasteiger partial charge in [0.2, 0.25) is 5.89 Å². The van der Waals surface area contributed by atoms with Crippen LogP contribution in [0.25, 0.3) is 0 Å². The summed E-state index contributed by atoms with van der Waals surface area (Å²) >= 11 is 1.37. The number of aryl methyl sites for hydroxylation is 1. The van der Waals surface area contributed by atoms with Crippen LogP contribution in [0.15, 0.2) is 38.4 Å². The maximum absolute atomic E-state index is 5.67. The van der Waals surface area contributed by atoms with Gasteiger partial charge in [-0.3, -0.25) is 0 Å². The van der Waals surface area contributed by atoms with Crippen LogP contribution in [-0.4, -0.2) is 20.3 Å². The highest BCUT2D eigenvalue weighted by Gasteiger charge is 2.24. The van der Waals surface area contributed by atoms with Crippen LogP contribution >= 0.6 is 11.8 Å². The van der Waals surface area contributed by atoms with Crippen LogP contribution in [0.5, 0.6) is 5.75 Å². The number of hydrogen-bond acceptors (Lipinski definition) is 8. The average molecular weight is 374 g/mol. The third-order valence-electron chi connectivity index (χ3n) is 3.54. The molecule has 1 atom stereocenters. The molecule has 0 aliphatic heterocycles. The molecule has 0 aliphatic carbocycles. The number of thioether (sulfide) groups is 1. The molecule has 0 spiro atoms. The Bertz CT molecular complexity index is 869. The minimum atomic E-state index is -0.156. The molecule has 0 fully saturated rings. The van der Waals surface area contributed by atoms with Gasteiger partial charge in [0.25, 0.3) is 11.1 Å². The number of aromatic nitrogens is 4. The van der Waals surface area contributed by atoms with Crippen LogP contribution in [0, 0.1) is 6.92 Å². The van der Waals surface area contributed by atoms with E-state index in [1.165, 1.54) is 11.8 Å². The van der Waals surface area contributed by atoms with E-state index in [9.17, 15) is 0 Å². The molecule has 0 radical (unpaired) electrons.